The van der Waals surface area contributed by atoms with Crippen LogP contribution in [0.5, 0.6) is 0 Å². The predicted molar refractivity (Wildman–Crippen MR) is 64.6 cm³/mol. The molecule has 0 unspecified atom stereocenters. The maximum atomic E-state index is 11.4. The Kier molecular flexibility index (Phi) is 4.10. The van der Waals surface area contributed by atoms with E-state index in [-0.39, 0.29) is 12.5 Å². The van der Waals surface area contributed by atoms with Crippen molar-refractivity contribution in [3.8, 4) is 6.07 Å². The van der Waals surface area contributed by atoms with Crippen LogP contribution in [0, 0.1) is 18.3 Å². The molecule has 6 nitrogen and oxygen atoms in total. The van der Waals surface area contributed by atoms with Crippen LogP contribution in [-0.4, -0.2) is 35.8 Å². The van der Waals surface area contributed by atoms with Gasteiger partial charge in [0, 0.05) is 20.6 Å². The molecule has 0 saturated heterocycles. The highest BCUT2D eigenvalue weighted by Gasteiger charge is 2.19. The summed E-state index contributed by atoms with van der Waals surface area (Å²) in [6.07, 6.45) is 0. The Morgan fingerprint density at radius 1 is 1.65 bits per heavy atom. The van der Waals surface area contributed by atoms with Gasteiger partial charge in [0.25, 0.3) is 0 Å². The first kappa shape index (κ1) is 13.0. The number of likely N-dealkylation sites (N-methyl/N-ethyl adjacent to an activating group) is 2. The Morgan fingerprint density at radius 3 is 2.76 bits per heavy atom. The molecule has 1 aromatic rings. The maximum Gasteiger partial charge on any atom is 0.239 e. The first-order chi connectivity index (χ1) is 8.04. The van der Waals surface area contributed by atoms with Crippen LogP contribution < -0.4 is 10.2 Å². The van der Waals surface area contributed by atoms with Gasteiger partial charge in [0.05, 0.1) is 12.2 Å². The third-order valence-corrected chi connectivity index (χ3v) is 2.60. The van der Waals surface area contributed by atoms with Crippen molar-refractivity contribution in [2.24, 2.45) is 7.05 Å². The van der Waals surface area contributed by atoms with E-state index < -0.39 is 0 Å². The summed E-state index contributed by atoms with van der Waals surface area (Å²) in [4.78, 5) is 13.2. The Bertz CT molecular complexity index is 457. The first-order valence-electron chi connectivity index (χ1n) is 5.44. The van der Waals surface area contributed by atoms with E-state index in [1.807, 2.05) is 11.8 Å². The van der Waals surface area contributed by atoms with Crippen molar-refractivity contribution in [3.05, 3.63) is 11.3 Å². The van der Waals surface area contributed by atoms with Crippen LogP contribution >= 0.6 is 0 Å². The van der Waals surface area contributed by atoms with Crippen molar-refractivity contribution < 1.29 is 4.79 Å². The van der Waals surface area contributed by atoms with Crippen LogP contribution in [0.15, 0.2) is 0 Å². The highest BCUT2D eigenvalue weighted by molar-refractivity contribution is 5.81. The van der Waals surface area contributed by atoms with E-state index in [4.69, 9.17) is 5.26 Å². The topological polar surface area (TPSA) is 74.0 Å². The second kappa shape index (κ2) is 5.34. The number of hydrogen-bond donors (Lipinski definition) is 1. The highest BCUT2D eigenvalue weighted by Crippen LogP contribution is 2.21. The number of carbonyl (C=O) groups is 1. The zero-order valence-electron chi connectivity index (χ0n) is 10.6. The van der Waals surface area contributed by atoms with Crippen LogP contribution in [0.4, 0.5) is 5.82 Å². The molecule has 17 heavy (non-hydrogen) atoms. The van der Waals surface area contributed by atoms with Crippen molar-refractivity contribution in [1.29, 1.82) is 5.26 Å². The molecular formula is C11H17N5O. The van der Waals surface area contributed by atoms with Crippen molar-refractivity contribution in [2.75, 3.05) is 25.0 Å². The number of nitriles is 1. The molecule has 0 radical (unpaired) electrons. The average molecular weight is 235 g/mol. The van der Waals surface area contributed by atoms with E-state index in [0.717, 1.165) is 0 Å². The SMILES string of the molecule is CCN(CC(=O)NC)c1c(C#N)c(C)nn1C. The van der Waals surface area contributed by atoms with Crippen molar-refractivity contribution >= 4 is 11.7 Å². The molecule has 0 bridgehead atoms. The summed E-state index contributed by atoms with van der Waals surface area (Å²) in [6, 6.07) is 2.13. The van der Waals surface area contributed by atoms with Gasteiger partial charge in [-0.1, -0.05) is 0 Å². The van der Waals surface area contributed by atoms with Gasteiger partial charge in [-0.3, -0.25) is 9.48 Å². The molecule has 1 amide bonds. The lowest BCUT2D eigenvalue weighted by molar-refractivity contribution is -0.119. The standard InChI is InChI=1S/C11H17N5O/c1-5-16(7-10(17)13-3)11-9(6-12)8(2)14-15(11)4/h5,7H2,1-4H3,(H,13,17). The number of rotatable bonds is 4. The number of hydrogen-bond acceptors (Lipinski definition) is 4. The van der Waals surface area contributed by atoms with Crippen molar-refractivity contribution in [3.63, 3.8) is 0 Å². The highest BCUT2D eigenvalue weighted by atomic mass is 16.1. The van der Waals surface area contributed by atoms with Gasteiger partial charge in [-0.05, 0) is 13.8 Å². The van der Waals surface area contributed by atoms with Gasteiger partial charge in [0.15, 0.2) is 0 Å². The molecule has 1 rings (SSSR count). The molecule has 0 spiro atoms. The van der Waals surface area contributed by atoms with Crippen LogP contribution in [0.1, 0.15) is 18.2 Å². The molecule has 0 aliphatic rings. The number of nitrogens with zero attached hydrogens (tertiary/aromatic N) is 4. The Labute approximate surface area is 101 Å². The molecule has 0 aromatic carbocycles. The summed E-state index contributed by atoms with van der Waals surface area (Å²) in [7, 11) is 3.37. The predicted octanol–water partition coefficient (Wildman–Crippen LogP) is 0.172. The lowest BCUT2D eigenvalue weighted by Gasteiger charge is -2.22. The van der Waals surface area contributed by atoms with Crippen molar-refractivity contribution in [1.82, 2.24) is 15.1 Å². The smallest absolute Gasteiger partial charge is 0.239 e. The van der Waals surface area contributed by atoms with Crippen LogP contribution in [0.2, 0.25) is 0 Å². The molecule has 1 heterocycles. The summed E-state index contributed by atoms with van der Waals surface area (Å²) in [6.45, 7) is 4.59. The quantitative estimate of drug-likeness (QED) is 0.807. The first-order valence-corrected chi connectivity index (χ1v) is 5.44. The fourth-order valence-corrected chi connectivity index (χ4v) is 1.73. The summed E-state index contributed by atoms with van der Waals surface area (Å²) in [5, 5.41) is 15.9. The summed E-state index contributed by atoms with van der Waals surface area (Å²) in [5.41, 5.74) is 1.21. The van der Waals surface area contributed by atoms with Gasteiger partial charge < -0.3 is 10.2 Å². The monoisotopic (exact) mass is 235 g/mol. The molecular weight excluding hydrogens is 218 g/mol. The second-order valence-electron chi connectivity index (χ2n) is 3.71. The molecule has 0 aliphatic carbocycles. The molecule has 0 fully saturated rings. The zero-order chi connectivity index (χ0) is 13.0. The maximum absolute atomic E-state index is 11.4. The minimum atomic E-state index is -0.0883. The number of carbonyl (C=O) groups excluding carboxylic acids is 1. The van der Waals surface area contributed by atoms with Gasteiger partial charge in [-0.2, -0.15) is 10.4 Å². The molecule has 6 heteroatoms. The number of amides is 1. The van der Waals surface area contributed by atoms with Gasteiger partial charge in [0.2, 0.25) is 5.91 Å². The lowest BCUT2D eigenvalue weighted by Crippen LogP contribution is -2.36. The Hall–Kier alpha value is -2.03. The molecule has 0 aliphatic heterocycles. The minimum Gasteiger partial charge on any atom is -0.358 e. The van der Waals surface area contributed by atoms with Gasteiger partial charge >= 0.3 is 0 Å². The fraction of sp³-hybridized carbons (Fsp3) is 0.545. The van der Waals surface area contributed by atoms with E-state index in [2.05, 4.69) is 16.5 Å². The zero-order valence-corrected chi connectivity index (χ0v) is 10.6. The second-order valence-corrected chi connectivity index (χ2v) is 3.71. The van der Waals surface area contributed by atoms with E-state index >= 15 is 0 Å². The summed E-state index contributed by atoms with van der Waals surface area (Å²) < 4.78 is 1.64. The Balaban J connectivity index is 3.12. The van der Waals surface area contributed by atoms with Crippen LogP contribution in [0.25, 0.3) is 0 Å². The number of anilines is 1. The number of aryl methyl sites for hydroxylation is 2. The fourth-order valence-electron chi connectivity index (χ4n) is 1.73. The lowest BCUT2D eigenvalue weighted by atomic mass is 10.2. The molecule has 1 aromatic heterocycles. The van der Waals surface area contributed by atoms with E-state index in [0.29, 0.717) is 23.6 Å². The van der Waals surface area contributed by atoms with Crippen molar-refractivity contribution in [2.45, 2.75) is 13.8 Å². The van der Waals surface area contributed by atoms with E-state index in [1.54, 1.807) is 25.7 Å². The normalized spacial score (nSPS) is 9.82. The van der Waals surface area contributed by atoms with E-state index in [9.17, 15) is 4.79 Å². The average Bonchev–Trinajstić information content (AvgIpc) is 2.60. The van der Waals surface area contributed by atoms with Gasteiger partial charge in [-0.25, -0.2) is 0 Å². The number of aromatic nitrogens is 2. The Morgan fingerprint density at radius 2 is 2.29 bits per heavy atom. The third kappa shape index (κ3) is 2.56. The van der Waals surface area contributed by atoms with Crippen LogP contribution in [0.3, 0.4) is 0 Å². The number of nitrogens with one attached hydrogen (secondary N) is 1. The molecule has 0 saturated carbocycles. The third-order valence-electron chi connectivity index (χ3n) is 2.60. The van der Waals surface area contributed by atoms with E-state index in [1.165, 1.54) is 0 Å². The largest absolute Gasteiger partial charge is 0.358 e. The minimum absolute atomic E-state index is 0.0883. The van der Waals surface area contributed by atoms with Crippen LogP contribution in [-0.2, 0) is 11.8 Å². The summed E-state index contributed by atoms with van der Waals surface area (Å²) in [5.74, 6) is 0.602. The molecule has 1 N–H and O–H groups in total. The molecule has 92 valence electrons. The summed E-state index contributed by atoms with van der Waals surface area (Å²) >= 11 is 0. The molecule has 0 atom stereocenters. The van der Waals surface area contributed by atoms with Gasteiger partial charge in [-0.15, -0.1) is 0 Å². The van der Waals surface area contributed by atoms with Gasteiger partial charge in [0.1, 0.15) is 17.5 Å².